The minimum absolute atomic E-state index is 0.0683. The van der Waals surface area contributed by atoms with Crippen molar-refractivity contribution in [3.05, 3.63) is 60.7 Å². The van der Waals surface area contributed by atoms with Crippen LogP contribution in [0.4, 0.5) is 5.69 Å². The first kappa shape index (κ1) is 46.0. The lowest BCUT2D eigenvalue weighted by molar-refractivity contribution is -0.896. The summed E-state index contributed by atoms with van der Waals surface area (Å²) in [5.74, 6) is 2.09. The molecule has 0 radical (unpaired) electrons. The zero-order valence-corrected chi connectivity index (χ0v) is 31.6. The average molecular weight is 681 g/mol. The normalized spacial score (nSPS) is 12.4. The largest absolute Gasteiger partial charge is 0.505 e. The summed E-state index contributed by atoms with van der Waals surface area (Å²) in [6.45, 7) is 29.3. The lowest BCUT2D eigenvalue weighted by Gasteiger charge is -2.23. The number of quaternary nitrogens is 1. The van der Waals surface area contributed by atoms with Crippen molar-refractivity contribution in [2.75, 3.05) is 37.4 Å². The van der Waals surface area contributed by atoms with E-state index in [-0.39, 0.29) is 17.1 Å². The second-order valence-electron chi connectivity index (χ2n) is 11.5. The van der Waals surface area contributed by atoms with E-state index < -0.39 is 0 Å². The van der Waals surface area contributed by atoms with Crippen molar-refractivity contribution in [1.82, 2.24) is 5.32 Å². The molecule has 2 rings (SSSR count). The van der Waals surface area contributed by atoms with Crippen LogP contribution in [0.3, 0.4) is 0 Å². The third kappa shape index (κ3) is 23.1. The molecule has 0 unspecified atom stereocenters. The summed E-state index contributed by atoms with van der Waals surface area (Å²) in [6.07, 6.45) is 16.0. The van der Waals surface area contributed by atoms with Crippen molar-refractivity contribution >= 4 is 33.2 Å². The number of nitrogens with one attached hydrogen (secondary N) is 3. The van der Waals surface area contributed by atoms with Gasteiger partial charge in [-0.25, -0.2) is 0 Å². The molecule has 7 heteroatoms. The lowest BCUT2D eigenvalue weighted by atomic mass is 9.84. The Hall–Kier alpha value is -2.38. The van der Waals surface area contributed by atoms with Gasteiger partial charge in [0.15, 0.2) is 0 Å². The topological polar surface area (TPSA) is 78.2 Å². The minimum Gasteiger partial charge on any atom is -0.505 e. The fourth-order valence-electron chi connectivity index (χ4n) is 4.08. The second-order valence-corrected chi connectivity index (χ2v) is 11.5. The summed E-state index contributed by atoms with van der Waals surface area (Å²) >= 11 is 2.94. The molecule has 1 aromatic rings. The molecule has 0 aromatic heterocycles. The number of alkyl halides is 1. The van der Waals surface area contributed by atoms with E-state index in [1.807, 2.05) is 42.3 Å². The lowest BCUT2D eigenvalue weighted by Crippen LogP contribution is -3.11. The molecule has 254 valence electrons. The van der Waals surface area contributed by atoms with Gasteiger partial charge < -0.3 is 15.3 Å². The zero-order valence-electron chi connectivity index (χ0n) is 30.0. The average Bonchev–Trinajstić information content (AvgIpc) is 3.03. The number of hydrazone groups is 1. The highest BCUT2D eigenvalue weighted by Crippen LogP contribution is 2.37. The molecule has 1 aromatic carbocycles. The molecule has 44 heavy (non-hydrogen) atoms. The Morgan fingerprint density at radius 3 is 2.05 bits per heavy atom. The molecule has 1 amide bonds. The highest BCUT2D eigenvalue weighted by molar-refractivity contribution is 9.08. The van der Waals surface area contributed by atoms with E-state index in [1.54, 1.807) is 4.90 Å². The Bertz CT molecular complexity index is 930. The van der Waals surface area contributed by atoms with Gasteiger partial charge in [0.05, 0.1) is 31.0 Å². The van der Waals surface area contributed by atoms with E-state index in [1.165, 1.54) is 25.7 Å². The maximum Gasteiger partial charge on any atom is 0.220 e. The van der Waals surface area contributed by atoms with Crippen LogP contribution in [0.1, 0.15) is 118 Å². The summed E-state index contributed by atoms with van der Waals surface area (Å²) < 4.78 is 0. The number of aromatic hydroxyl groups is 1. The number of aryl methyl sites for hydroxylation is 1. The maximum absolute atomic E-state index is 12.3. The van der Waals surface area contributed by atoms with Crippen LogP contribution in [0.25, 0.3) is 0 Å². The van der Waals surface area contributed by atoms with Gasteiger partial charge in [-0.2, -0.15) is 5.10 Å². The summed E-state index contributed by atoms with van der Waals surface area (Å²) in [4.78, 5) is 13.9. The molecular formula is C37H68BrN4O2+. The molecule has 0 spiro atoms. The van der Waals surface area contributed by atoms with Gasteiger partial charge in [-0.05, 0) is 49.2 Å². The van der Waals surface area contributed by atoms with Crippen LogP contribution >= 0.6 is 15.9 Å². The number of carbonyl (C=O) groups excluding carboxylic acids is 1. The van der Waals surface area contributed by atoms with Crippen LogP contribution in [0.15, 0.2) is 54.7 Å². The van der Waals surface area contributed by atoms with Gasteiger partial charge in [0, 0.05) is 31.4 Å². The Kier molecular flexibility index (Phi) is 32.1. The monoisotopic (exact) mass is 679 g/mol. The summed E-state index contributed by atoms with van der Waals surface area (Å²) in [5.41, 5.74) is 6.14. The first-order valence-electron chi connectivity index (χ1n) is 16.6. The van der Waals surface area contributed by atoms with Crippen LogP contribution in [0.5, 0.6) is 5.75 Å². The van der Waals surface area contributed by atoms with Gasteiger partial charge >= 0.3 is 0 Å². The van der Waals surface area contributed by atoms with Gasteiger partial charge in [0.25, 0.3) is 0 Å². The maximum atomic E-state index is 12.3. The van der Waals surface area contributed by atoms with E-state index in [9.17, 15) is 9.90 Å². The fraction of sp³-hybridized carbons (Fsp3) is 0.622. The van der Waals surface area contributed by atoms with Crippen molar-refractivity contribution in [3.8, 4) is 5.75 Å². The number of allylic oxidation sites excluding steroid dienone is 4. The van der Waals surface area contributed by atoms with E-state index in [0.717, 1.165) is 55.9 Å². The summed E-state index contributed by atoms with van der Waals surface area (Å²) in [5, 5.41) is 18.3. The summed E-state index contributed by atoms with van der Waals surface area (Å²) in [6, 6.07) is 3.90. The highest BCUT2D eigenvalue weighted by atomic mass is 79.9. The standard InChI is InChI=1S/C26H40N4O2.C5H12.C3H8.C2H4.CH3Br/c1-6-30(7-2)17-11-16-27-24(31)15-14-20-18-22(26(3,4)5)25(32)23(19-20)29-28-21-12-9-8-10-13-21;1-3-5-4-2;1-3-2;2*1-2/h8-10,12,18-19,29,32H,6-7,11,13-17H2,1-5H3,(H,27,31);3-5H2,1-2H3;3H2,1-2H3;1-2H2;1H3/p+1/b28-21-;;;;. The molecular weight excluding hydrogens is 612 g/mol. The fourth-order valence-corrected chi connectivity index (χ4v) is 4.08. The number of hydrogen-bond acceptors (Lipinski definition) is 4. The van der Waals surface area contributed by atoms with Crippen molar-refractivity contribution in [3.63, 3.8) is 0 Å². The van der Waals surface area contributed by atoms with Crippen molar-refractivity contribution < 1.29 is 14.8 Å². The number of amides is 1. The van der Waals surface area contributed by atoms with Gasteiger partial charge in [-0.1, -0.05) is 114 Å². The van der Waals surface area contributed by atoms with E-state index >= 15 is 0 Å². The Balaban J connectivity index is -0.00000121. The number of phenols is 1. The van der Waals surface area contributed by atoms with Crippen LogP contribution in [-0.2, 0) is 16.6 Å². The number of anilines is 1. The van der Waals surface area contributed by atoms with Crippen molar-refractivity contribution in [2.24, 2.45) is 5.10 Å². The van der Waals surface area contributed by atoms with E-state index in [2.05, 4.69) is 107 Å². The molecule has 0 saturated carbocycles. The Morgan fingerprint density at radius 2 is 1.59 bits per heavy atom. The van der Waals surface area contributed by atoms with Crippen LogP contribution in [0, 0.1) is 0 Å². The number of halogens is 1. The first-order valence-corrected chi connectivity index (χ1v) is 18.2. The third-order valence-corrected chi connectivity index (χ3v) is 6.54. The van der Waals surface area contributed by atoms with Crippen molar-refractivity contribution in [2.45, 2.75) is 119 Å². The molecule has 0 saturated heterocycles. The highest BCUT2D eigenvalue weighted by Gasteiger charge is 2.22. The minimum atomic E-state index is -0.230. The third-order valence-electron chi connectivity index (χ3n) is 6.54. The number of unbranched alkanes of at least 4 members (excludes halogenated alkanes) is 2. The van der Waals surface area contributed by atoms with Gasteiger partial charge in [0.1, 0.15) is 5.75 Å². The van der Waals surface area contributed by atoms with Crippen LogP contribution in [0.2, 0.25) is 0 Å². The molecule has 0 heterocycles. The Labute approximate surface area is 280 Å². The predicted octanol–water partition coefficient (Wildman–Crippen LogP) is 8.76. The quantitative estimate of drug-likeness (QED) is 0.0553. The molecule has 0 fully saturated rings. The SMILES string of the molecule is C=C.CBr.CCC.CCCCC.CC[NH+](CC)CCCNC(=O)CCc1cc(N/N=C2/C=CC=CC2)c(O)c(C(C)(C)C)c1. The molecule has 0 bridgehead atoms. The second kappa shape index (κ2) is 30.6. The molecule has 1 aliphatic rings. The first-order chi connectivity index (χ1) is 21.1. The molecule has 0 aliphatic heterocycles. The van der Waals surface area contributed by atoms with Gasteiger partial charge in [0.2, 0.25) is 5.91 Å². The Morgan fingerprint density at radius 1 is 1.00 bits per heavy atom. The molecule has 0 atom stereocenters. The smallest absolute Gasteiger partial charge is 0.220 e. The number of hydrogen-bond donors (Lipinski definition) is 4. The molecule has 1 aliphatic carbocycles. The van der Waals surface area contributed by atoms with E-state index in [4.69, 9.17) is 0 Å². The number of rotatable bonds is 13. The van der Waals surface area contributed by atoms with Gasteiger partial charge in [-0.3, -0.25) is 10.2 Å². The summed E-state index contributed by atoms with van der Waals surface area (Å²) in [7, 11) is 0. The van der Waals surface area contributed by atoms with Crippen molar-refractivity contribution in [1.29, 1.82) is 0 Å². The number of carbonyl (C=O) groups is 1. The van der Waals surface area contributed by atoms with Crippen LogP contribution < -0.4 is 15.6 Å². The number of nitrogens with zero attached hydrogens (tertiary/aromatic N) is 1. The zero-order chi connectivity index (χ0) is 34.4. The predicted molar refractivity (Wildman–Crippen MR) is 201 cm³/mol. The molecule has 4 N–H and O–H groups in total. The number of benzene rings is 1. The van der Waals surface area contributed by atoms with E-state index in [0.29, 0.717) is 18.5 Å². The van der Waals surface area contributed by atoms with Crippen LogP contribution in [-0.4, -0.2) is 48.7 Å². The number of phenolic OH excluding ortho intramolecular Hbond substituents is 1. The van der Waals surface area contributed by atoms with Gasteiger partial charge in [-0.15, -0.1) is 13.2 Å². The molecule has 6 nitrogen and oxygen atoms in total.